The second-order valence-electron chi connectivity index (χ2n) is 6.17. The van der Waals surface area contributed by atoms with Crippen LogP contribution < -0.4 is 4.90 Å². The summed E-state index contributed by atoms with van der Waals surface area (Å²) in [4.78, 5) is 14.7. The largest absolute Gasteiger partial charge is 0.387 e. The van der Waals surface area contributed by atoms with Gasteiger partial charge in [-0.2, -0.15) is 0 Å². The number of fused-ring (bicyclic) bond motifs is 1. The maximum Gasteiger partial charge on any atom is 0.141 e. The van der Waals surface area contributed by atoms with E-state index in [1.54, 1.807) is 29.0 Å². The van der Waals surface area contributed by atoms with Crippen molar-refractivity contribution in [2.24, 2.45) is 0 Å². The van der Waals surface area contributed by atoms with E-state index >= 15 is 0 Å². The number of nitrogens with zero attached hydrogens (tertiary/aromatic N) is 3. The number of aliphatic hydroxyl groups excluding tert-OH is 1. The summed E-state index contributed by atoms with van der Waals surface area (Å²) in [7, 11) is 0. The molecule has 0 amide bonds. The van der Waals surface area contributed by atoms with Gasteiger partial charge in [-0.1, -0.05) is 13.0 Å². The van der Waals surface area contributed by atoms with Gasteiger partial charge in [0.25, 0.3) is 0 Å². The van der Waals surface area contributed by atoms with Crippen molar-refractivity contribution in [1.82, 2.24) is 9.97 Å². The lowest BCUT2D eigenvalue weighted by atomic mass is 10.1. The van der Waals surface area contributed by atoms with Crippen LogP contribution in [0, 0.1) is 0 Å². The summed E-state index contributed by atoms with van der Waals surface area (Å²) in [6.45, 7) is 4.23. The fraction of sp³-hybridized carbons (Fsp3) is 0.444. The van der Waals surface area contributed by atoms with Gasteiger partial charge >= 0.3 is 0 Å². The average Bonchev–Trinajstić information content (AvgIpc) is 3.31. The Hall–Kier alpha value is -1.54. The second kappa shape index (κ2) is 7.37. The van der Waals surface area contributed by atoms with E-state index in [1.807, 2.05) is 17.5 Å². The standard InChI is InChI=1S/C18H21N3O2S2/c1-2-13-9-14-17(19-11-20-18(14)25-13)21-5-6-23-10-12(21)8-15(22)16-4-3-7-24-16/h3-4,7,9,11-12,15,22H,2,5-6,8,10H2,1H3. The number of anilines is 1. The molecule has 0 bridgehead atoms. The zero-order valence-corrected chi connectivity index (χ0v) is 15.7. The SMILES string of the molecule is CCc1cc2c(N3CCOCC3CC(O)c3cccs3)ncnc2s1. The van der Waals surface area contributed by atoms with Crippen molar-refractivity contribution in [3.8, 4) is 0 Å². The molecule has 1 fully saturated rings. The van der Waals surface area contributed by atoms with Gasteiger partial charge in [-0.25, -0.2) is 9.97 Å². The van der Waals surface area contributed by atoms with Crippen molar-refractivity contribution in [3.63, 3.8) is 0 Å². The maximum atomic E-state index is 10.6. The molecule has 132 valence electrons. The molecule has 0 aliphatic carbocycles. The van der Waals surface area contributed by atoms with Crippen molar-refractivity contribution in [3.05, 3.63) is 39.7 Å². The number of hydrogen-bond acceptors (Lipinski definition) is 7. The molecule has 3 aromatic heterocycles. The van der Waals surface area contributed by atoms with E-state index < -0.39 is 6.10 Å². The molecule has 4 heterocycles. The zero-order valence-electron chi connectivity index (χ0n) is 14.1. The topological polar surface area (TPSA) is 58.5 Å². The number of aromatic nitrogens is 2. The number of ether oxygens (including phenoxy) is 1. The molecule has 25 heavy (non-hydrogen) atoms. The number of morpholine rings is 1. The highest BCUT2D eigenvalue weighted by molar-refractivity contribution is 7.18. The fourth-order valence-electron chi connectivity index (χ4n) is 3.28. The van der Waals surface area contributed by atoms with Crippen LogP contribution in [0.2, 0.25) is 0 Å². The Morgan fingerprint density at radius 2 is 2.36 bits per heavy atom. The van der Waals surface area contributed by atoms with Gasteiger partial charge in [0, 0.05) is 22.7 Å². The summed E-state index contributed by atoms with van der Waals surface area (Å²) < 4.78 is 5.70. The van der Waals surface area contributed by atoms with Crippen LogP contribution in [0.1, 0.15) is 29.2 Å². The van der Waals surface area contributed by atoms with Crippen LogP contribution in [0.25, 0.3) is 10.2 Å². The predicted molar refractivity (Wildman–Crippen MR) is 103 cm³/mol. The molecule has 1 aliphatic rings. The molecule has 3 aromatic rings. The minimum atomic E-state index is -0.472. The lowest BCUT2D eigenvalue weighted by molar-refractivity contribution is 0.0686. The lowest BCUT2D eigenvalue weighted by Gasteiger charge is -2.37. The Labute approximate surface area is 154 Å². The van der Waals surface area contributed by atoms with Crippen molar-refractivity contribution >= 4 is 38.7 Å². The molecule has 2 unspecified atom stereocenters. The third kappa shape index (κ3) is 3.42. The highest BCUT2D eigenvalue weighted by Gasteiger charge is 2.29. The van der Waals surface area contributed by atoms with Gasteiger partial charge in [0.15, 0.2) is 0 Å². The van der Waals surface area contributed by atoms with Crippen LogP contribution in [0.5, 0.6) is 0 Å². The molecular formula is C18H21N3O2S2. The minimum absolute atomic E-state index is 0.105. The average molecular weight is 376 g/mol. The molecule has 0 radical (unpaired) electrons. The Balaban J connectivity index is 1.64. The molecule has 1 N–H and O–H groups in total. The Morgan fingerprint density at radius 1 is 1.44 bits per heavy atom. The summed E-state index contributed by atoms with van der Waals surface area (Å²) >= 11 is 3.32. The summed E-state index contributed by atoms with van der Waals surface area (Å²) in [6.07, 6.45) is 2.82. The smallest absolute Gasteiger partial charge is 0.141 e. The first kappa shape index (κ1) is 16.9. The van der Waals surface area contributed by atoms with E-state index in [4.69, 9.17) is 4.74 Å². The quantitative estimate of drug-likeness (QED) is 0.738. The van der Waals surface area contributed by atoms with E-state index in [0.29, 0.717) is 19.6 Å². The first-order valence-corrected chi connectivity index (χ1v) is 10.2. The molecular weight excluding hydrogens is 354 g/mol. The Kier molecular flexibility index (Phi) is 4.98. The van der Waals surface area contributed by atoms with Gasteiger partial charge in [0.1, 0.15) is 17.0 Å². The van der Waals surface area contributed by atoms with Crippen LogP contribution in [0.15, 0.2) is 29.9 Å². The number of aliphatic hydroxyl groups is 1. The molecule has 7 heteroatoms. The van der Waals surface area contributed by atoms with E-state index in [-0.39, 0.29) is 6.04 Å². The second-order valence-corrected chi connectivity index (χ2v) is 8.27. The van der Waals surface area contributed by atoms with Gasteiger partial charge in [-0.3, -0.25) is 0 Å². The summed E-state index contributed by atoms with van der Waals surface area (Å²) in [5.74, 6) is 0.965. The summed E-state index contributed by atoms with van der Waals surface area (Å²) in [5, 5.41) is 13.7. The lowest BCUT2D eigenvalue weighted by Crippen LogP contribution is -2.46. The Morgan fingerprint density at radius 3 is 3.16 bits per heavy atom. The minimum Gasteiger partial charge on any atom is -0.387 e. The van der Waals surface area contributed by atoms with E-state index in [2.05, 4.69) is 27.9 Å². The molecule has 1 aliphatic heterocycles. The number of rotatable bonds is 5. The third-order valence-electron chi connectivity index (χ3n) is 4.57. The normalized spacial score (nSPS) is 19.4. The first-order chi connectivity index (χ1) is 12.3. The summed E-state index contributed by atoms with van der Waals surface area (Å²) in [6, 6.07) is 6.27. The molecule has 4 rings (SSSR count). The third-order valence-corrected chi connectivity index (χ3v) is 6.74. The van der Waals surface area contributed by atoms with Crippen LogP contribution >= 0.6 is 22.7 Å². The molecule has 2 atom stereocenters. The maximum absolute atomic E-state index is 10.6. The monoisotopic (exact) mass is 375 g/mol. The molecule has 0 spiro atoms. The van der Waals surface area contributed by atoms with Gasteiger partial charge < -0.3 is 14.7 Å². The fourth-order valence-corrected chi connectivity index (χ4v) is 4.93. The molecule has 0 saturated carbocycles. The number of thiophene rings is 2. The summed E-state index contributed by atoms with van der Waals surface area (Å²) in [5.41, 5.74) is 0. The number of aryl methyl sites for hydroxylation is 1. The van der Waals surface area contributed by atoms with Crippen molar-refractivity contribution < 1.29 is 9.84 Å². The molecule has 5 nitrogen and oxygen atoms in total. The Bertz CT molecular complexity index is 834. The first-order valence-electron chi connectivity index (χ1n) is 8.55. The molecule has 1 saturated heterocycles. The van der Waals surface area contributed by atoms with Crippen molar-refractivity contribution in [2.75, 3.05) is 24.7 Å². The predicted octanol–water partition coefficient (Wildman–Crippen LogP) is 3.64. The van der Waals surface area contributed by atoms with Gasteiger partial charge in [-0.05, 0) is 23.9 Å². The van der Waals surface area contributed by atoms with Gasteiger partial charge in [0.2, 0.25) is 0 Å². The van der Waals surface area contributed by atoms with Crippen LogP contribution in [-0.4, -0.2) is 40.9 Å². The highest BCUT2D eigenvalue weighted by atomic mass is 32.1. The van der Waals surface area contributed by atoms with Crippen LogP contribution in [-0.2, 0) is 11.2 Å². The van der Waals surface area contributed by atoms with E-state index in [0.717, 1.165) is 33.9 Å². The van der Waals surface area contributed by atoms with Crippen molar-refractivity contribution in [2.45, 2.75) is 31.9 Å². The van der Waals surface area contributed by atoms with E-state index in [9.17, 15) is 5.11 Å². The zero-order chi connectivity index (χ0) is 17.2. The van der Waals surface area contributed by atoms with Crippen LogP contribution in [0.3, 0.4) is 0 Å². The van der Waals surface area contributed by atoms with E-state index in [1.165, 1.54) is 4.88 Å². The van der Waals surface area contributed by atoms with Gasteiger partial charge in [0.05, 0.1) is 30.7 Å². The number of hydrogen-bond donors (Lipinski definition) is 1. The highest BCUT2D eigenvalue weighted by Crippen LogP contribution is 2.34. The van der Waals surface area contributed by atoms with Crippen LogP contribution in [0.4, 0.5) is 5.82 Å². The van der Waals surface area contributed by atoms with Gasteiger partial charge in [-0.15, -0.1) is 22.7 Å². The van der Waals surface area contributed by atoms with Crippen molar-refractivity contribution in [1.29, 1.82) is 0 Å². The molecule has 0 aromatic carbocycles.